The van der Waals surface area contributed by atoms with Crippen LogP contribution in [-0.4, -0.2) is 4.57 Å². The highest BCUT2D eigenvalue weighted by atomic mass is 16.3. The van der Waals surface area contributed by atoms with Crippen molar-refractivity contribution in [3.05, 3.63) is 218 Å². The Morgan fingerprint density at radius 1 is 0.333 bits per heavy atom. The molecule has 268 valence electrons. The molecule has 0 aliphatic heterocycles. The summed E-state index contributed by atoms with van der Waals surface area (Å²) in [4.78, 5) is 2.38. The van der Waals surface area contributed by atoms with Crippen LogP contribution >= 0.6 is 0 Å². The van der Waals surface area contributed by atoms with Crippen molar-refractivity contribution < 1.29 is 4.42 Å². The number of hydrogen-bond donors (Lipinski definition) is 0. The van der Waals surface area contributed by atoms with Crippen LogP contribution < -0.4 is 4.90 Å². The Labute approximate surface area is 330 Å². The van der Waals surface area contributed by atoms with Gasteiger partial charge in [-0.25, -0.2) is 0 Å². The molecule has 0 unspecified atom stereocenters. The van der Waals surface area contributed by atoms with Gasteiger partial charge in [-0.15, -0.1) is 0 Å². The average Bonchev–Trinajstić information content (AvgIpc) is 3.83. The molecule has 57 heavy (non-hydrogen) atoms. The van der Waals surface area contributed by atoms with Gasteiger partial charge in [-0.05, 0) is 112 Å². The van der Waals surface area contributed by atoms with Gasteiger partial charge in [0.1, 0.15) is 11.2 Å². The Balaban J connectivity index is 1.09. The van der Waals surface area contributed by atoms with Crippen LogP contribution in [0.15, 0.2) is 223 Å². The van der Waals surface area contributed by atoms with Gasteiger partial charge in [0.15, 0.2) is 0 Å². The Kier molecular flexibility index (Phi) is 7.82. The summed E-state index contributed by atoms with van der Waals surface area (Å²) in [5.41, 5.74) is 15.7. The lowest BCUT2D eigenvalue weighted by Crippen LogP contribution is -2.10. The van der Waals surface area contributed by atoms with Gasteiger partial charge in [0.2, 0.25) is 0 Å². The fourth-order valence-electron chi connectivity index (χ4n) is 8.50. The summed E-state index contributed by atoms with van der Waals surface area (Å²) >= 11 is 0. The van der Waals surface area contributed by atoms with Gasteiger partial charge in [0.25, 0.3) is 0 Å². The first-order chi connectivity index (χ1) is 28.3. The highest BCUT2D eigenvalue weighted by Crippen LogP contribution is 2.43. The number of fused-ring (bicyclic) bond motifs is 6. The normalized spacial score (nSPS) is 11.5. The number of furan rings is 1. The van der Waals surface area contributed by atoms with Crippen LogP contribution in [-0.2, 0) is 0 Å². The molecule has 2 aromatic heterocycles. The zero-order chi connectivity index (χ0) is 37.7. The van der Waals surface area contributed by atoms with E-state index in [1.165, 1.54) is 44.1 Å². The summed E-state index contributed by atoms with van der Waals surface area (Å²) in [5, 5.41) is 4.70. The Hall–Kier alpha value is -7.62. The minimum absolute atomic E-state index is 0.904. The molecular weight excluding hydrogens is 693 g/mol. The van der Waals surface area contributed by atoms with Crippen LogP contribution in [0.5, 0.6) is 0 Å². The van der Waals surface area contributed by atoms with Crippen molar-refractivity contribution in [2.45, 2.75) is 0 Å². The second kappa shape index (κ2) is 13.6. The minimum Gasteiger partial charge on any atom is -0.456 e. The molecule has 2 heterocycles. The summed E-state index contributed by atoms with van der Waals surface area (Å²) in [6, 6.07) is 78.2. The van der Waals surface area contributed by atoms with Crippen molar-refractivity contribution in [1.82, 2.24) is 4.57 Å². The number of anilines is 3. The minimum atomic E-state index is 0.904. The van der Waals surface area contributed by atoms with E-state index in [0.717, 1.165) is 55.8 Å². The van der Waals surface area contributed by atoms with Crippen LogP contribution in [0, 0.1) is 0 Å². The third kappa shape index (κ3) is 5.68. The van der Waals surface area contributed by atoms with E-state index in [4.69, 9.17) is 4.42 Å². The highest BCUT2D eigenvalue weighted by molar-refractivity contribution is 6.16. The van der Waals surface area contributed by atoms with Crippen molar-refractivity contribution in [1.29, 1.82) is 0 Å². The molecule has 0 N–H and O–H groups in total. The number of benzene rings is 9. The largest absolute Gasteiger partial charge is 0.456 e. The molecule has 0 aliphatic carbocycles. The predicted octanol–water partition coefficient (Wildman–Crippen LogP) is 15.2. The van der Waals surface area contributed by atoms with E-state index in [2.05, 4.69) is 216 Å². The molecule has 0 bridgehead atoms. The smallest absolute Gasteiger partial charge is 0.135 e. The van der Waals surface area contributed by atoms with E-state index >= 15 is 0 Å². The van der Waals surface area contributed by atoms with E-state index in [1.807, 2.05) is 12.1 Å². The molecule has 0 saturated heterocycles. The molecule has 0 saturated carbocycles. The summed E-state index contributed by atoms with van der Waals surface area (Å²) in [6.07, 6.45) is 0. The molecule has 0 amide bonds. The van der Waals surface area contributed by atoms with Crippen LogP contribution in [0.2, 0.25) is 0 Å². The fourth-order valence-corrected chi connectivity index (χ4v) is 8.50. The Morgan fingerprint density at radius 2 is 0.895 bits per heavy atom. The molecule has 0 aliphatic rings. The zero-order valence-corrected chi connectivity index (χ0v) is 31.1. The molecular formula is C54H36N2O. The zero-order valence-electron chi connectivity index (χ0n) is 31.1. The van der Waals surface area contributed by atoms with Crippen molar-refractivity contribution in [2.75, 3.05) is 4.90 Å². The molecule has 0 atom stereocenters. The number of rotatable bonds is 7. The van der Waals surface area contributed by atoms with E-state index in [9.17, 15) is 0 Å². The molecule has 0 fully saturated rings. The third-order valence-corrected chi connectivity index (χ3v) is 11.2. The predicted molar refractivity (Wildman–Crippen MR) is 239 cm³/mol. The molecule has 0 radical (unpaired) electrons. The molecule has 11 rings (SSSR count). The number of nitrogens with zero attached hydrogens (tertiary/aromatic N) is 2. The molecule has 3 nitrogen and oxygen atoms in total. The van der Waals surface area contributed by atoms with Gasteiger partial charge in [-0.3, -0.25) is 0 Å². The topological polar surface area (TPSA) is 21.3 Å². The lowest BCUT2D eigenvalue weighted by molar-refractivity contribution is 0.669. The van der Waals surface area contributed by atoms with Gasteiger partial charge in [-0.1, -0.05) is 140 Å². The molecule has 11 aromatic rings. The molecule has 0 spiro atoms. The second-order valence-corrected chi connectivity index (χ2v) is 14.5. The standard InChI is InChI=1S/C54H36N2O/c1-4-13-37(14-5-1)38-23-28-43(29-24-38)55(44-30-25-39(26-31-44)41-27-34-53-48(35-41)47-19-10-11-22-52(47)57-53)45-32-33-50-49(36-45)54-46(40-15-6-2-7-16-40)20-12-21-51(54)56(50)42-17-8-3-9-18-42/h1-36H. The maximum absolute atomic E-state index is 6.14. The molecule has 3 heteroatoms. The summed E-state index contributed by atoms with van der Waals surface area (Å²) in [6.45, 7) is 0. The van der Waals surface area contributed by atoms with Crippen molar-refractivity contribution >= 4 is 60.8 Å². The Morgan fingerprint density at radius 3 is 1.61 bits per heavy atom. The first kappa shape index (κ1) is 32.8. The second-order valence-electron chi connectivity index (χ2n) is 14.5. The SMILES string of the molecule is c1ccc(-c2ccc(N(c3ccc(-c4ccc5oc6ccccc6c5c4)cc3)c3ccc4c(c3)c3c(-c5ccccc5)cccc3n4-c3ccccc3)cc2)cc1. The van der Waals surface area contributed by atoms with Gasteiger partial charge < -0.3 is 13.9 Å². The third-order valence-electron chi connectivity index (χ3n) is 11.2. The maximum atomic E-state index is 6.14. The number of para-hydroxylation sites is 2. The first-order valence-electron chi connectivity index (χ1n) is 19.4. The van der Waals surface area contributed by atoms with E-state index in [1.54, 1.807) is 0 Å². The van der Waals surface area contributed by atoms with Crippen LogP contribution in [0.1, 0.15) is 0 Å². The quantitative estimate of drug-likeness (QED) is 0.163. The van der Waals surface area contributed by atoms with Gasteiger partial charge in [-0.2, -0.15) is 0 Å². The van der Waals surface area contributed by atoms with Crippen molar-refractivity contribution in [3.63, 3.8) is 0 Å². The van der Waals surface area contributed by atoms with Crippen molar-refractivity contribution in [2.24, 2.45) is 0 Å². The van der Waals surface area contributed by atoms with E-state index in [0.29, 0.717) is 0 Å². The summed E-state index contributed by atoms with van der Waals surface area (Å²) in [7, 11) is 0. The Bertz CT molecular complexity index is 3200. The van der Waals surface area contributed by atoms with Gasteiger partial charge in [0, 0.05) is 44.3 Å². The molecule has 9 aromatic carbocycles. The lowest BCUT2D eigenvalue weighted by atomic mass is 9.99. The number of aromatic nitrogens is 1. The van der Waals surface area contributed by atoms with Crippen molar-refractivity contribution in [3.8, 4) is 39.1 Å². The maximum Gasteiger partial charge on any atom is 0.135 e. The van der Waals surface area contributed by atoms with Gasteiger partial charge >= 0.3 is 0 Å². The van der Waals surface area contributed by atoms with E-state index < -0.39 is 0 Å². The monoisotopic (exact) mass is 728 g/mol. The van der Waals surface area contributed by atoms with Crippen LogP contribution in [0.4, 0.5) is 17.1 Å². The highest BCUT2D eigenvalue weighted by Gasteiger charge is 2.20. The average molecular weight is 729 g/mol. The number of hydrogen-bond acceptors (Lipinski definition) is 2. The van der Waals surface area contributed by atoms with Gasteiger partial charge in [0.05, 0.1) is 11.0 Å². The first-order valence-corrected chi connectivity index (χ1v) is 19.4. The summed E-state index contributed by atoms with van der Waals surface area (Å²) < 4.78 is 8.53. The van der Waals surface area contributed by atoms with Crippen LogP contribution in [0.25, 0.3) is 82.8 Å². The fraction of sp³-hybridized carbons (Fsp3) is 0. The van der Waals surface area contributed by atoms with Crippen LogP contribution in [0.3, 0.4) is 0 Å². The van der Waals surface area contributed by atoms with E-state index in [-0.39, 0.29) is 0 Å². The summed E-state index contributed by atoms with van der Waals surface area (Å²) in [5.74, 6) is 0. The lowest BCUT2D eigenvalue weighted by Gasteiger charge is -2.26.